The summed E-state index contributed by atoms with van der Waals surface area (Å²) in [6.45, 7) is 5.51. The van der Waals surface area contributed by atoms with E-state index in [9.17, 15) is 0 Å². The van der Waals surface area contributed by atoms with E-state index in [2.05, 4.69) is 28.7 Å². The second kappa shape index (κ2) is 4.78. The maximum absolute atomic E-state index is 8.92. The molecule has 88 valence electrons. The second-order valence-corrected chi connectivity index (χ2v) is 4.71. The molecule has 0 saturated carbocycles. The van der Waals surface area contributed by atoms with Gasteiger partial charge in [-0.05, 0) is 25.7 Å². The van der Waals surface area contributed by atoms with Crippen LogP contribution in [0.25, 0.3) is 0 Å². The van der Waals surface area contributed by atoms with Gasteiger partial charge in [-0.15, -0.1) is 0 Å². The van der Waals surface area contributed by atoms with Crippen molar-refractivity contribution in [2.75, 3.05) is 11.4 Å². The van der Waals surface area contributed by atoms with Gasteiger partial charge in [0.25, 0.3) is 0 Å². The fourth-order valence-electron chi connectivity index (χ4n) is 2.19. The molecule has 4 heteroatoms. The first-order valence-corrected chi connectivity index (χ1v) is 5.89. The molecule has 1 aromatic heterocycles. The third kappa shape index (κ3) is 2.32. The molecule has 0 spiro atoms. The van der Waals surface area contributed by atoms with Gasteiger partial charge in [0, 0.05) is 12.6 Å². The Balaban J connectivity index is 2.15. The Morgan fingerprint density at radius 2 is 2.12 bits per heavy atom. The van der Waals surface area contributed by atoms with Gasteiger partial charge in [0.1, 0.15) is 5.82 Å². The van der Waals surface area contributed by atoms with Crippen LogP contribution in [-0.4, -0.2) is 27.7 Å². The Morgan fingerprint density at radius 1 is 1.31 bits per heavy atom. The van der Waals surface area contributed by atoms with Crippen LogP contribution in [0.2, 0.25) is 0 Å². The summed E-state index contributed by atoms with van der Waals surface area (Å²) in [5, 5.41) is 8.92. The van der Waals surface area contributed by atoms with E-state index < -0.39 is 0 Å². The normalized spacial score (nSPS) is 25.8. The highest BCUT2D eigenvalue weighted by Crippen LogP contribution is 2.25. The van der Waals surface area contributed by atoms with Crippen molar-refractivity contribution in [3.05, 3.63) is 18.1 Å². The molecule has 4 nitrogen and oxygen atoms in total. The Morgan fingerprint density at radius 3 is 2.75 bits per heavy atom. The van der Waals surface area contributed by atoms with Crippen molar-refractivity contribution < 1.29 is 5.11 Å². The van der Waals surface area contributed by atoms with Crippen LogP contribution in [0.1, 0.15) is 32.4 Å². The Bertz CT molecular complexity index is 339. The number of hydrogen-bond donors (Lipinski definition) is 1. The summed E-state index contributed by atoms with van der Waals surface area (Å²) in [7, 11) is 0. The molecular weight excluding hydrogens is 202 g/mol. The SMILES string of the molecule is CC1CCC(C)N(c2cnc(CO)cn2)C1. The predicted octanol–water partition coefficient (Wildman–Crippen LogP) is 1.59. The maximum atomic E-state index is 8.92. The van der Waals surface area contributed by atoms with Gasteiger partial charge < -0.3 is 10.0 Å². The van der Waals surface area contributed by atoms with Crippen molar-refractivity contribution in [2.24, 2.45) is 5.92 Å². The van der Waals surface area contributed by atoms with E-state index in [-0.39, 0.29) is 6.61 Å². The fourth-order valence-corrected chi connectivity index (χ4v) is 2.19. The minimum absolute atomic E-state index is 0.0424. The molecule has 1 aromatic rings. The van der Waals surface area contributed by atoms with Gasteiger partial charge in [-0.1, -0.05) is 6.92 Å². The number of aliphatic hydroxyl groups is 1. The Hall–Kier alpha value is -1.16. The van der Waals surface area contributed by atoms with Gasteiger partial charge >= 0.3 is 0 Å². The van der Waals surface area contributed by atoms with E-state index in [0.717, 1.165) is 18.3 Å². The van der Waals surface area contributed by atoms with E-state index in [1.54, 1.807) is 12.4 Å². The topological polar surface area (TPSA) is 49.2 Å². The molecule has 2 unspecified atom stereocenters. The smallest absolute Gasteiger partial charge is 0.147 e. The summed E-state index contributed by atoms with van der Waals surface area (Å²) in [5.41, 5.74) is 0.626. The zero-order valence-corrected chi connectivity index (χ0v) is 9.93. The summed E-state index contributed by atoms with van der Waals surface area (Å²) in [5.74, 6) is 1.65. The first-order chi connectivity index (χ1) is 7.70. The van der Waals surface area contributed by atoms with Crippen LogP contribution in [-0.2, 0) is 6.61 Å². The van der Waals surface area contributed by atoms with Crippen LogP contribution in [0.4, 0.5) is 5.82 Å². The van der Waals surface area contributed by atoms with Crippen LogP contribution in [0, 0.1) is 5.92 Å². The lowest BCUT2D eigenvalue weighted by atomic mass is 9.95. The van der Waals surface area contributed by atoms with Gasteiger partial charge in [-0.3, -0.25) is 4.98 Å². The zero-order chi connectivity index (χ0) is 11.5. The molecule has 0 bridgehead atoms. The molecule has 2 heterocycles. The van der Waals surface area contributed by atoms with Crippen LogP contribution in [0.5, 0.6) is 0 Å². The van der Waals surface area contributed by atoms with Crippen molar-refractivity contribution in [1.82, 2.24) is 9.97 Å². The van der Waals surface area contributed by atoms with E-state index >= 15 is 0 Å². The number of aliphatic hydroxyl groups excluding tert-OH is 1. The molecule has 1 fully saturated rings. The zero-order valence-electron chi connectivity index (χ0n) is 9.93. The number of piperidine rings is 1. The largest absolute Gasteiger partial charge is 0.390 e. The van der Waals surface area contributed by atoms with Gasteiger partial charge in [0.05, 0.1) is 24.7 Å². The lowest BCUT2D eigenvalue weighted by Gasteiger charge is -2.37. The standard InChI is InChI=1S/C12H19N3O/c1-9-3-4-10(2)15(7-9)12-6-13-11(8-16)5-14-12/h5-6,9-10,16H,3-4,7-8H2,1-2H3. The van der Waals surface area contributed by atoms with Crippen LogP contribution < -0.4 is 4.90 Å². The number of aromatic nitrogens is 2. The van der Waals surface area contributed by atoms with Crippen LogP contribution >= 0.6 is 0 Å². The van der Waals surface area contributed by atoms with Gasteiger partial charge in [0.2, 0.25) is 0 Å². The molecule has 0 aromatic carbocycles. The minimum atomic E-state index is -0.0424. The summed E-state index contributed by atoms with van der Waals surface area (Å²) in [4.78, 5) is 10.8. The van der Waals surface area contributed by atoms with Crippen molar-refractivity contribution in [2.45, 2.75) is 39.3 Å². The van der Waals surface area contributed by atoms with Crippen molar-refractivity contribution in [1.29, 1.82) is 0 Å². The predicted molar refractivity (Wildman–Crippen MR) is 63.2 cm³/mol. The molecule has 1 saturated heterocycles. The highest BCUT2D eigenvalue weighted by atomic mass is 16.3. The molecule has 16 heavy (non-hydrogen) atoms. The summed E-state index contributed by atoms with van der Waals surface area (Å²) in [6.07, 6.45) is 5.92. The average Bonchev–Trinajstić information content (AvgIpc) is 2.32. The number of rotatable bonds is 2. The summed E-state index contributed by atoms with van der Waals surface area (Å²) < 4.78 is 0. The van der Waals surface area contributed by atoms with Crippen LogP contribution in [0.15, 0.2) is 12.4 Å². The molecule has 2 rings (SSSR count). The Labute approximate surface area is 96.3 Å². The quantitative estimate of drug-likeness (QED) is 0.824. The number of hydrogen-bond acceptors (Lipinski definition) is 4. The van der Waals surface area contributed by atoms with E-state index in [0.29, 0.717) is 11.7 Å². The van der Waals surface area contributed by atoms with Crippen LogP contribution in [0.3, 0.4) is 0 Å². The van der Waals surface area contributed by atoms with Gasteiger partial charge in [-0.25, -0.2) is 4.98 Å². The molecular formula is C12H19N3O. The molecule has 0 amide bonds. The first-order valence-electron chi connectivity index (χ1n) is 5.89. The van der Waals surface area contributed by atoms with E-state index in [4.69, 9.17) is 5.11 Å². The highest BCUT2D eigenvalue weighted by molar-refractivity contribution is 5.37. The van der Waals surface area contributed by atoms with Crippen molar-refractivity contribution in [3.8, 4) is 0 Å². The monoisotopic (exact) mass is 221 g/mol. The van der Waals surface area contributed by atoms with Crippen molar-refractivity contribution >= 4 is 5.82 Å². The first kappa shape index (κ1) is 11.3. The Kier molecular flexibility index (Phi) is 3.39. The third-order valence-corrected chi connectivity index (χ3v) is 3.27. The molecule has 2 atom stereocenters. The molecule has 0 aliphatic carbocycles. The lowest BCUT2D eigenvalue weighted by molar-refractivity contribution is 0.276. The number of nitrogens with zero attached hydrogens (tertiary/aromatic N) is 3. The second-order valence-electron chi connectivity index (χ2n) is 4.71. The van der Waals surface area contributed by atoms with Gasteiger partial charge in [0.15, 0.2) is 0 Å². The summed E-state index contributed by atoms with van der Waals surface area (Å²) >= 11 is 0. The third-order valence-electron chi connectivity index (χ3n) is 3.27. The van der Waals surface area contributed by atoms with Gasteiger partial charge in [-0.2, -0.15) is 0 Å². The van der Waals surface area contributed by atoms with Crippen molar-refractivity contribution in [3.63, 3.8) is 0 Å². The average molecular weight is 221 g/mol. The minimum Gasteiger partial charge on any atom is -0.390 e. The maximum Gasteiger partial charge on any atom is 0.147 e. The molecule has 1 aliphatic heterocycles. The fraction of sp³-hybridized carbons (Fsp3) is 0.667. The number of anilines is 1. The molecule has 0 radical (unpaired) electrons. The highest BCUT2D eigenvalue weighted by Gasteiger charge is 2.23. The van der Waals surface area contributed by atoms with E-state index in [1.807, 2.05) is 0 Å². The summed E-state index contributed by atoms with van der Waals surface area (Å²) in [6, 6.07) is 0.533. The van der Waals surface area contributed by atoms with E-state index in [1.165, 1.54) is 12.8 Å². The lowest BCUT2D eigenvalue weighted by Crippen LogP contribution is -2.41. The molecule has 1 N–H and O–H groups in total. The molecule has 1 aliphatic rings.